The molecule has 0 amide bonds. The van der Waals surface area contributed by atoms with Crippen LogP contribution in [-0.2, 0) is 0 Å². The van der Waals surface area contributed by atoms with Gasteiger partial charge in [-0.15, -0.1) is 0 Å². The zero-order valence-electron chi connectivity index (χ0n) is 9.72. The molecule has 0 bridgehead atoms. The third-order valence-electron chi connectivity index (χ3n) is 2.81. The highest BCUT2D eigenvalue weighted by atomic mass is 79.9. The van der Waals surface area contributed by atoms with E-state index >= 15 is 0 Å². The predicted molar refractivity (Wildman–Crippen MR) is 68.1 cm³/mol. The van der Waals surface area contributed by atoms with Crippen molar-refractivity contribution in [1.29, 1.82) is 0 Å². The van der Waals surface area contributed by atoms with E-state index in [4.69, 9.17) is 0 Å². The van der Waals surface area contributed by atoms with E-state index < -0.39 is 5.60 Å². The Labute approximate surface area is 104 Å². The van der Waals surface area contributed by atoms with Crippen LogP contribution in [0, 0.1) is 11.7 Å². The number of rotatable bonds is 4. The number of aliphatic hydroxyl groups is 1. The molecule has 0 heterocycles. The van der Waals surface area contributed by atoms with Crippen molar-refractivity contribution in [3.8, 4) is 0 Å². The molecular formula is C12H17BrFNO. The lowest BCUT2D eigenvalue weighted by atomic mass is 9.92. The van der Waals surface area contributed by atoms with Gasteiger partial charge in [0, 0.05) is 12.2 Å². The fraction of sp³-hybridized carbons (Fsp3) is 0.500. The summed E-state index contributed by atoms with van der Waals surface area (Å²) in [6.07, 6.45) is 0. The first-order valence-corrected chi connectivity index (χ1v) is 6.03. The predicted octanol–water partition coefficient (Wildman–Crippen LogP) is 3.41. The smallest absolute Gasteiger partial charge is 0.137 e. The van der Waals surface area contributed by atoms with Gasteiger partial charge in [-0.1, -0.05) is 13.8 Å². The molecule has 0 spiro atoms. The molecular weight excluding hydrogens is 273 g/mol. The van der Waals surface area contributed by atoms with Crippen molar-refractivity contribution in [1.82, 2.24) is 0 Å². The molecule has 1 rings (SSSR count). The average Bonchev–Trinajstić information content (AvgIpc) is 2.20. The number of benzene rings is 1. The second kappa shape index (κ2) is 5.15. The Morgan fingerprint density at radius 3 is 2.62 bits per heavy atom. The second-order valence-electron chi connectivity index (χ2n) is 4.49. The third kappa shape index (κ3) is 3.46. The van der Waals surface area contributed by atoms with E-state index in [2.05, 4.69) is 21.2 Å². The quantitative estimate of drug-likeness (QED) is 0.890. The number of halogens is 2. The van der Waals surface area contributed by atoms with Crippen LogP contribution >= 0.6 is 15.9 Å². The van der Waals surface area contributed by atoms with Gasteiger partial charge in [-0.2, -0.15) is 0 Å². The lowest BCUT2D eigenvalue weighted by molar-refractivity contribution is 0.0266. The van der Waals surface area contributed by atoms with Gasteiger partial charge in [0.15, 0.2) is 0 Å². The fourth-order valence-electron chi connectivity index (χ4n) is 1.09. The molecule has 0 aliphatic carbocycles. The molecule has 0 saturated heterocycles. The normalized spacial score (nSPS) is 14.9. The van der Waals surface area contributed by atoms with E-state index in [9.17, 15) is 9.50 Å². The van der Waals surface area contributed by atoms with Crippen LogP contribution in [0.25, 0.3) is 0 Å². The lowest BCUT2D eigenvalue weighted by Crippen LogP contribution is -2.38. The van der Waals surface area contributed by atoms with E-state index in [-0.39, 0.29) is 11.7 Å². The first kappa shape index (κ1) is 13.5. The molecule has 0 aliphatic heterocycles. The Kier molecular flexibility index (Phi) is 4.33. The Bertz CT molecular complexity index is 366. The third-order valence-corrected chi connectivity index (χ3v) is 3.42. The van der Waals surface area contributed by atoms with Crippen LogP contribution in [0.15, 0.2) is 22.7 Å². The van der Waals surface area contributed by atoms with Crippen LogP contribution < -0.4 is 5.32 Å². The first-order chi connectivity index (χ1) is 7.33. The van der Waals surface area contributed by atoms with Crippen LogP contribution in [0.4, 0.5) is 10.1 Å². The summed E-state index contributed by atoms with van der Waals surface area (Å²) < 4.78 is 13.4. The summed E-state index contributed by atoms with van der Waals surface area (Å²) in [5.41, 5.74) is 0.00937. The van der Waals surface area contributed by atoms with Gasteiger partial charge in [-0.25, -0.2) is 4.39 Å². The summed E-state index contributed by atoms with van der Waals surface area (Å²) in [4.78, 5) is 0. The minimum atomic E-state index is -0.777. The summed E-state index contributed by atoms with van der Waals surface area (Å²) in [5, 5.41) is 13.1. The average molecular weight is 290 g/mol. The molecule has 0 fully saturated rings. The summed E-state index contributed by atoms with van der Waals surface area (Å²) >= 11 is 3.12. The highest BCUT2D eigenvalue weighted by Crippen LogP contribution is 2.22. The first-order valence-electron chi connectivity index (χ1n) is 5.24. The van der Waals surface area contributed by atoms with Gasteiger partial charge in [0.1, 0.15) is 5.82 Å². The Balaban J connectivity index is 2.65. The van der Waals surface area contributed by atoms with Gasteiger partial charge < -0.3 is 10.4 Å². The summed E-state index contributed by atoms with van der Waals surface area (Å²) in [5.74, 6) is -0.134. The molecule has 90 valence electrons. The van der Waals surface area contributed by atoms with E-state index in [1.807, 2.05) is 13.8 Å². The zero-order chi connectivity index (χ0) is 12.3. The molecule has 0 aliphatic rings. The molecule has 1 aromatic rings. The molecule has 2 N–H and O–H groups in total. The van der Waals surface area contributed by atoms with Gasteiger partial charge in [0.2, 0.25) is 0 Å². The molecule has 0 saturated carbocycles. The van der Waals surface area contributed by atoms with Gasteiger partial charge in [-0.05, 0) is 47.0 Å². The van der Waals surface area contributed by atoms with E-state index in [0.717, 1.165) is 5.69 Å². The van der Waals surface area contributed by atoms with Gasteiger partial charge in [0.25, 0.3) is 0 Å². The molecule has 1 atom stereocenters. The molecule has 0 aromatic heterocycles. The van der Waals surface area contributed by atoms with Crippen molar-refractivity contribution >= 4 is 21.6 Å². The number of nitrogens with one attached hydrogen (secondary N) is 1. The van der Waals surface area contributed by atoms with Gasteiger partial charge >= 0.3 is 0 Å². The maximum Gasteiger partial charge on any atom is 0.137 e. The van der Waals surface area contributed by atoms with E-state index in [1.165, 1.54) is 6.07 Å². The van der Waals surface area contributed by atoms with Gasteiger partial charge in [-0.3, -0.25) is 0 Å². The van der Waals surface area contributed by atoms with Gasteiger partial charge in [0.05, 0.1) is 10.1 Å². The highest BCUT2D eigenvalue weighted by Gasteiger charge is 2.24. The van der Waals surface area contributed by atoms with Crippen molar-refractivity contribution < 1.29 is 9.50 Å². The van der Waals surface area contributed by atoms with Crippen LogP contribution in [0.1, 0.15) is 20.8 Å². The van der Waals surface area contributed by atoms with Crippen molar-refractivity contribution in [2.45, 2.75) is 26.4 Å². The second-order valence-corrected chi connectivity index (χ2v) is 5.35. The molecule has 1 unspecified atom stereocenters. The van der Waals surface area contributed by atoms with Crippen LogP contribution in [-0.4, -0.2) is 17.3 Å². The molecule has 16 heavy (non-hydrogen) atoms. The molecule has 1 aromatic carbocycles. The molecule has 2 nitrogen and oxygen atoms in total. The van der Waals surface area contributed by atoms with Crippen molar-refractivity contribution in [2.24, 2.45) is 5.92 Å². The Hall–Kier alpha value is -0.610. The highest BCUT2D eigenvalue weighted by molar-refractivity contribution is 9.10. The molecule has 4 heteroatoms. The van der Waals surface area contributed by atoms with Crippen LogP contribution in [0.3, 0.4) is 0 Å². The largest absolute Gasteiger partial charge is 0.388 e. The Morgan fingerprint density at radius 1 is 1.50 bits per heavy atom. The topological polar surface area (TPSA) is 32.3 Å². The number of hydrogen-bond acceptors (Lipinski definition) is 2. The minimum Gasteiger partial charge on any atom is -0.388 e. The monoisotopic (exact) mass is 289 g/mol. The SMILES string of the molecule is CC(C)C(C)(O)CNc1ccc(F)c(Br)c1. The fourth-order valence-corrected chi connectivity index (χ4v) is 1.47. The zero-order valence-corrected chi connectivity index (χ0v) is 11.3. The molecule has 0 radical (unpaired) electrons. The van der Waals surface area contributed by atoms with E-state index in [0.29, 0.717) is 11.0 Å². The lowest BCUT2D eigenvalue weighted by Gasteiger charge is -2.28. The van der Waals surface area contributed by atoms with Crippen molar-refractivity contribution in [3.63, 3.8) is 0 Å². The standard InChI is InChI=1S/C12H17BrFNO/c1-8(2)12(3,16)7-15-9-4-5-11(14)10(13)6-9/h4-6,8,15-16H,7H2,1-3H3. The number of anilines is 1. The number of hydrogen-bond donors (Lipinski definition) is 2. The van der Waals surface area contributed by atoms with Crippen molar-refractivity contribution in [2.75, 3.05) is 11.9 Å². The maximum absolute atomic E-state index is 13.0. The Morgan fingerprint density at radius 2 is 2.12 bits per heavy atom. The maximum atomic E-state index is 13.0. The minimum absolute atomic E-state index is 0.156. The summed E-state index contributed by atoms with van der Waals surface area (Å²) in [7, 11) is 0. The van der Waals surface area contributed by atoms with Crippen LogP contribution in [0.2, 0.25) is 0 Å². The van der Waals surface area contributed by atoms with Crippen molar-refractivity contribution in [3.05, 3.63) is 28.5 Å². The summed E-state index contributed by atoms with van der Waals surface area (Å²) in [6, 6.07) is 4.69. The van der Waals surface area contributed by atoms with Crippen LogP contribution in [0.5, 0.6) is 0 Å². The van der Waals surface area contributed by atoms with E-state index in [1.54, 1.807) is 19.1 Å². The summed E-state index contributed by atoms with van der Waals surface area (Å²) in [6.45, 7) is 6.14.